The second-order valence-electron chi connectivity index (χ2n) is 4.37. The fraction of sp³-hybridized carbons (Fsp3) is 0.250. The summed E-state index contributed by atoms with van der Waals surface area (Å²) in [5, 5.41) is 0. The number of halogens is 1. The minimum Gasteiger partial charge on any atom is -0.496 e. The predicted octanol–water partition coefficient (Wildman–Crippen LogP) is 4.54. The lowest BCUT2D eigenvalue weighted by Gasteiger charge is -2.11. The SMILES string of the molecule is COc1cc(OC)cc(Oc2ccc(CCl)c(C)c2)c1. The van der Waals surface area contributed by atoms with E-state index in [1.807, 2.05) is 37.3 Å². The van der Waals surface area contributed by atoms with E-state index < -0.39 is 0 Å². The van der Waals surface area contributed by atoms with Crippen LogP contribution >= 0.6 is 11.6 Å². The Hall–Kier alpha value is -1.87. The number of ether oxygens (including phenoxy) is 3. The highest BCUT2D eigenvalue weighted by atomic mass is 35.5. The monoisotopic (exact) mass is 292 g/mol. The quantitative estimate of drug-likeness (QED) is 0.757. The number of rotatable bonds is 5. The van der Waals surface area contributed by atoms with Crippen molar-refractivity contribution in [2.24, 2.45) is 0 Å². The lowest BCUT2D eigenvalue weighted by atomic mass is 10.1. The van der Waals surface area contributed by atoms with Crippen molar-refractivity contribution < 1.29 is 14.2 Å². The molecule has 0 N–H and O–H groups in total. The number of methoxy groups -OCH3 is 2. The fourth-order valence-electron chi connectivity index (χ4n) is 1.86. The number of alkyl halides is 1. The largest absolute Gasteiger partial charge is 0.496 e. The van der Waals surface area contributed by atoms with Crippen LogP contribution in [0.4, 0.5) is 0 Å². The molecule has 0 aliphatic rings. The normalized spacial score (nSPS) is 10.2. The first kappa shape index (κ1) is 14.5. The summed E-state index contributed by atoms with van der Waals surface area (Å²) in [6, 6.07) is 11.3. The third-order valence-corrected chi connectivity index (χ3v) is 3.31. The van der Waals surface area contributed by atoms with Gasteiger partial charge in [0.25, 0.3) is 0 Å². The molecule has 0 amide bonds. The maximum atomic E-state index is 5.85. The van der Waals surface area contributed by atoms with Gasteiger partial charge in [-0.05, 0) is 30.2 Å². The first-order valence-corrected chi connectivity index (χ1v) is 6.76. The van der Waals surface area contributed by atoms with Crippen LogP contribution in [0.5, 0.6) is 23.0 Å². The van der Waals surface area contributed by atoms with Gasteiger partial charge in [-0.25, -0.2) is 0 Å². The zero-order valence-electron chi connectivity index (χ0n) is 11.8. The van der Waals surface area contributed by atoms with E-state index in [9.17, 15) is 0 Å². The van der Waals surface area contributed by atoms with Crippen molar-refractivity contribution in [1.29, 1.82) is 0 Å². The summed E-state index contributed by atoms with van der Waals surface area (Å²) in [5.41, 5.74) is 2.20. The van der Waals surface area contributed by atoms with Gasteiger partial charge >= 0.3 is 0 Å². The smallest absolute Gasteiger partial charge is 0.134 e. The molecule has 0 saturated carbocycles. The van der Waals surface area contributed by atoms with Gasteiger partial charge in [0.05, 0.1) is 14.2 Å². The Morgan fingerprint density at radius 3 is 1.95 bits per heavy atom. The van der Waals surface area contributed by atoms with Crippen molar-refractivity contribution >= 4 is 11.6 Å². The van der Waals surface area contributed by atoms with Crippen LogP contribution in [-0.2, 0) is 5.88 Å². The van der Waals surface area contributed by atoms with Crippen molar-refractivity contribution in [1.82, 2.24) is 0 Å². The maximum absolute atomic E-state index is 5.85. The van der Waals surface area contributed by atoms with Crippen molar-refractivity contribution in [3.05, 3.63) is 47.5 Å². The summed E-state index contributed by atoms with van der Waals surface area (Å²) in [4.78, 5) is 0. The molecular formula is C16H17ClO3. The number of hydrogen-bond donors (Lipinski definition) is 0. The Bertz CT molecular complexity index is 574. The summed E-state index contributed by atoms with van der Waals surface area (Å²) in [6.07, 6.45) is 0. The van der Waals surface area contributed by atoms with E-state index in [1.165, 1.54) is 0 Å². The molecule has 0 aliphatic carbocycles. The van der Waals surface area contributed by atoms with Crippen LogP contribution in [0, 0.1) is 6.92 Å². The molecule has 0 aliphatic heterocycles. The topological polar surface area (TPSA) is 27.7 Å². The Balaban J connectivity index is 2.27. The van der Waals surface area contributed by atoms with Crippen LogP contribution < -0.4 is 14.2 Å². The Morgan fingerprint density at radius 2 is 1.45 bits per heavy atom. The van der Waals surface area contributed by atoms with E-state index in [-0.39, 0.29) is 0 Å². The van der Waals surface area contributed by atoms with Gasteiger partial charge in [0.1, 0.15) is 23.0 Å². The highest BCUT2D eigenvalue weighted by Gasteiger charge is 2.05. The summed E-state index contributed by atoms with van der Waals surface area (Å²) in [7, 11) is 3.22. The van der Waals surface area contributed by atoms with Gasteiger partial charge < -0.3 is 14.2 Å². The molecule has 0 fully saturated rings. The molecule has 4 heteroatoms. The molecule has 0 atom stereocenters. The van der Waals surface area contributed by atoms with Gasteiger partial charge in [-0.15, -0.1) is 11.6 Å². The zero-order chi connectivity index (χ0) is 14.5. The van der Waals surface area contributed by atoms with Crippen LogP contribution in [0.1, 0.15) is 11.1 Å². The van der Waals surface area contributed by atoms with Gasteiger partial charge in [-0.3, -0.25) is 0 Å². The lowest BCUT2D eigenvalue weighted by Crippen LogP contribution is -1.91. The van der Waals surface area contributed by atoms with E-state index in [4.69, 9.17) is 25.8 Å². The molecule has 20 heavy (non-hydrogen) atoms. The van der Waals surface area contributed by atoms with E-state index in [2.05, 4.69) is 0 Å². The van der Waals surface area contributed by atoms with Crippen molar-refractivity contribution in [3.8, 4) is 23.0 Å². The number of hydrogen-bond acceptors (Lipinski definition) is 3. The Kier molecular flexibility index (Phi) is 4.74. The first-order valence-electron chi connectivity index (χ1n) is 6.22. The standard InChI is InChI=1S/C16H17ClO3/c1-11-6-13(5-4-12(11)10-17)20-16-8-14(18-2)7-15(9-16)19-3/h4-9H,10H2,1-3H3. The van der Waals surface area contributed by atoms with Crippen LogP contribution in [0.25, 0.3) is 0 Å². The van der Waals surface area contributed by atoms with E-state index in [0.29, 0.717) is 23.1 Å². The average Bonchev–Trinajstić information content (AvgIpc) is 2.47. The van der Waals surface area contributed by atoms with Gasteiger partial charge in [0, 0.05) is 24.1 Å². The molecular weight excluding hydrogens is 276 g/mol. The van der Waals surface area contributed by atoms with Crippen molar-refractivity contribution in [2.45, 2.75) is 12.8 Å². The summed E-state index contributed by atoms with van der Waals surface area (Å²) in [5.74, 6) is 3.30. The van der Waals surface area contributed by atoms with Crippen LogP contribution in [0.2, 0.25) is 0 Å². The Morgan fingerprint density at radius 1 is 0.850 bits per heavy atom. The zero-order valence-corrected chi connectivity index (χ0v) is 12.5. The van der Waals surface area contributed by atoms with Crippen molar-refractivity contribution in [3.63, 3.8) is 0 Å². The third kappa shape index (κ3) is 3.36. The van der Waals surface area contributed by atoms with Crippen LogP contribution in [0.15, 0.2) is 36.4 Å². The highest BCUT2D eigenvalue weighted by molar-refractivity contribution is 6.17. The van der Waals surface area contributed by atoms with Crippen LogP contribution in [0.3, 0.4) is 0 Å². The summed E-state index contributed by atoms with van der Waals surface area (Å²) < 4.78 is 16.3. The number of aryl methyl sites for hydroxylation is 1. The fourth-order valence-corrected chi connectivity index (χ4v) is 2.16. The number of benzene rings is 2. The molecule has 0 saturated heterocycles. The van der Waals surface area contributed by atoms with Gasteiger partial charge in [-0.1, -0.05) is 6.07 Å². The van der Waals surface area contributed by atoms with E-state index in [0.717, 1.165) is 16.9 Å². The highest BCUT2D eigenvalue weighted by Crippen LogP contribution is 2.31. The van der Waals surface area contributed by atoms with Crippen LogP contribution in [-0.4, -0.2) is 14.2 Å². The average molecular weight is 293 g/mol. The van der Waals surface area contributed by atoms with Gasteiger partial charge in [0.15, 0.2) is 0 Å². The second-order valence-corrected chi connectivity index (χ2v) is 4.64. The minimum atomic E-state index is 0.499. The van der Waals surface area contributed by atoms with E-state index in [1.54, 1.807) is 20.3 Å². The first-order chi connectivity index (χ1) is 9.66. The molecule has 2 aromatic carbocycles. The van der Waals surface area contributed by atoms with Gasteiger partial charge in [-0.2, -0.15) is 0 Å². The molecule has 0 heterocycles. The molecule has 2 aromatic rings. The molecule has 0 unspecified atom stereocenters. The molecule has 2 rings (SSSR count). The second kappa shape index (κ2) is 6.53. The predicted molar refractivity (Wildman–Crippen MR) is 80.4 cm³/mol. The summed E-state index contributed by atoms with van der Waals surface area (Å²) in [6.45, 7) is 2.01. The van der Waals surface area contributed by atoms with Crippen molar-refractivity contribution in [2.75, 3.05) is 14.2 Å². The molecule has 0 spiro atoms. The lowest BCUT2D eigenvalue weighted by molar-refractivity contribution is 0.386. The molecule has 3 nitrogen and oxygen atoms in total. The van der Waals surface area contributed by atoms with Gasteiger partial charge in [0.2, 0.25) is 0 Å². The molecule has 0 radical (unpaired) electrons. The Labute approximate surface area is 124 Å². The minimum absolute atomic E-state index is 0.499. The maximum Gasteiger partial charge on any atom is 0.134 e. The summed E-state index contributed by atoms with van der Waals surface area (Å²) >= 11 is 5.85. The third-order valence-electron chi connectivity index (χ3n) is 3.02. The molecule has 0 aromatic heterocycles. The van der Waals surface area contributed by atoms with E-state index >= 15 is 0 Å². The molecule has 0 bridgehead atoms. The molecule has 106 valence electrons.